The molecule has 0 atom stereocenters. The molecular formula is C25H29N3O2. The standard InChI is InChI=1S/C25H29N3O2/c29-25(28-14-5-7-19-6-1-3-9-23(19)28)26-21-12-16-27(17-13-21)15-11-20-18-30-24-10-4-2-8-22(20)24/h1-4,6,8-10,18,21H,5,7,11-17H2,(H,26,29). The van der Waals surface area contributed by atoms with E-state index in [2.05, 4.69) is 40.5 Å². The van der Waals surface area contributed by atoms with Crippen molar-refractivity contribution in [2.75, 3.05) is 31.1 Å². The molecule has 0 aliphatic carbocycles. The van der Waals surface area contributed by atoms with Crippen LogP contribution in [-0.4, -0.2) is 43.2 Å². The normalized spacial score (nSPS) is 17.8. The molecule has 5 nitrogen and oxygen atoms in total. The third-order valence-electron chi connectivity index (χ3n) is 6.53. The number of furan rings is 1. The second kappa shape index (κ2) is 8.52. The van der Waals surface area contributed by atoms with E-state index in [1.54, 1.807) is 0 Å². The number of nitrogens with one attached hydrogen (secondary N) is 1. The largest absolute Gasteiger partial charge is 0.464 e. The molecule has 0 saturated carbocycles. The molecular weight excluding hydrogens is 374 g/mol. The van der Waals surface area contributed by atoms with Gasteiger partial charge in [-0.05, 0) is 55.4 Å². The van der Waals surface area contributed by atoms with Gasteiger partial charge in [-0.25, -0.2) is 4.79 Å². The minimum Gasteiger partial charge on any atom is -0.464 e. The maximum absolute atomic E-state index is 12.9. The molecule has 2 aromatic carbocycles. The van der Waals surface area contributed by atoms with Crippen molar-refractivity contribution in [2.45, 2.75) is 38.1 Å². The van der Waals surface area contributed by atoms with Crippen LogP contribution in [0, 0.1) is 0 Å². The van der Waals surface area contributed by atoms with E-state index in [9.17, 15) is 4.79 Å². The lowest BCUT2D eigenvalue weighted by molar-refractivity contribution is 0.195. The third-order valence-corrected chi connectivity index (χ3v) is 6.53. The van der Waals surface area contributed by atoms with E-state index in [0.29, 0.717) is 0 Å². The quantitative estimate of drug-likeness (QED) is 0.692. The first-order valence-electron chi connectivity index (χ1n) is 11.1. The van der Waals surface area contributed by atoms with Crippen LogP contribution < -0.4 is 10.2 Å². The van der Waals surface area contributed by atoms with Gasteiger partial charge in [-0.2, -0.15) is 0 Å². The van der Waals surface area contributed by atoms with Crippen LogP contribution in [0.15, 0.2) is 59.2 Å². The van der Waals surface area contributed by atoms with Crippen molar-refractivity contribution in [3.8, 4) is 0 Å². The number of aryl methyl sites for hydroxylation is 1. The third kappa shape index (κ3) is 3.94. The van der Waals surface area contributed by atoms with Crippen LogP contribution in [0.4, 0.5) is 10.5 Å². The molecule has 156 valence electrons. The molecule has 2 aliphatic heterocycles. The molecule has 30 heavy (non-hydrogen) atoms. The van der Waals surface area contributed by atoms with Crippen LogP contribution in [0.1, 0.15) is 30.4 Å². The van der Waals surface area contributed by atoms with Gasteiger partial charge in [0.15, 0.2) is 0 Å². The molecule has 0 radical (unpaired) electrons. The first-order chi connectivity index (χ1) is 14.8. The predicted molar refractivity (Wildman–Crippen MR) is 120 cm³/mol. The number of para-hydroxylation sites is 2. The van der Waals surface area contributed by atoms with E-state index < -0.39 is 0 Å². The predicted octanol–water partition coefficient (Wildman–Crippen LogP) is 4.60. The number of carbonyl (C=O) groups is 1. The van der Waals surface area contributed by atoms with Gasteiger partial charge in [0.1, 0.15) is 5.58 Å². The second-order valence-corrected chi connectivity index (χ2v) is 8.46. The summed E-state index contributed by atoms with van der Waals surface area (Å²) >= 11 is 0. The lowest BCUT2D eigenvalue weighted by Gasteiger charge is -2.35. The Morgan fingerprint density at radius 1 is 1.03 bits per heavy atom. The number of hydrogen-bond acceptors (Lipinski definition) is 3. The maximum Gasteiger partial charge on any atom is 0.322 e. The number of benzene rings is 2. The van der Waals surface area contributed by atoms with Crippen LogP contribution in [0.5, 0.6) is 0 Å². The van der Waals surface area contributed by atoms with Crippen molar-refractivity contribution < 1.29 is 9.21 Å². The summed E-state index contributed by atoms with van der Waals surface area (Å²) in [4.78, 5) is 17.3. The number of carbonyl (C=O) groups excluding carboxylic acids is 1. The van der Waals surface area contributed by atoms with Gasteiger partial charge in [-0.3, -0.25) is 4.90 Å². The molecule has 3 aromatic rings. The Labute approximate surface area is 177 Å². The van der Waals surface area contributed by atoms with Gasteiger partial charge in [-0.15, -0.1) is 0 Å². The number of rotatable bonds is 4. The van der Waals surface area contributed by atoms with E-state index in [1.165, 1.54) is 16.5 Å². The van der Waals surface area contributed by atoms with E-state index in [4.69, 9.17) is 4.42 Å². The van der Waals surface area contributed by atoms with Gasteiger partial charge in [0.05, 0.1) is 6.26 Å². The van der Waals surface area contributed by atoms with Gasteiger partial charge < -0.3 is 14.6 Å². The molecule has 1 saturated heterocycles. The Morgan fingerprint density at radius 2 is 1.83 bits per heavy atom. The fraction of sp³-hybridized carbons (Fsp3) is 0.400. The number of fused-ring (bicyclic) bond motifs is 2. The number of likely N-dealkylation sites (tertiary alicyclic amines) is 1. The molecule has 1 N–H and O–H groups in total. The lowest BCUT2D eigenvalue weighted by atomic mass is 10.0. The Bertz CT molecular complexity index is 1020. The van der Waals surface area contributed by atoms with Crippen molar-refractivity contribution in [2.24, 2.45) is 0 Å². The highest BCUT2D eigenvalue weighted by Crippen LogP contribution is 2.27. The summed E-state index contributed by atoms with van der Waals surface area (Å²) in [6, 6.07) is 16.8. The van der Waals surface area contributed by atoms with E-state index in [-0.39, 0.29) is 12.1 Å². The fourth-order valence-electron chi connectivity index (χ4n) is 4.80. The van der Waals surface area contributed by atoms with Crippen LogP contribution in [-0.2, 0) is 12.8 Å². The van der Waals surface area contributed by atoms with E-state index >= 15 is 0 Å². The lowest BCUT2D eigenvalue weighted by Crippen LogP contribution is -2.50. The molecule has 0 spiro atoms. The van der Waals surface area contributed by atoms with Crippen LogP contribution in [0.2, 0.25) is 0 Å². The number of anilines is 1. The molecule has 5 heteroatoms. The average molecular weight is 404 g/mol. The zero-order valence-electron chi connectivity index (χ0n) is 17.3. The van der Waals surface area contributed by atoms with E-state index in [0.717, 1.165) is 69.6 Å². The van der Waals surface area contributed by atoms with Crippen molar-refractivity contribution in [3.63, 3.8) is 0 Å². The number of nitrogens with zero attached hydrogens (tertiary/aromatic N) is 2. The smallest absolute Gasteiger partial charge is 0.322 e. The fourth-order valence-corrected chi connectivity index (χ4v) is 4.80. The van der Waals surface area contributed by atoms with Crippen molar-refractivity contribution in [1.82, 2.24) is 10.2 Å². The second-order valence-electron chi connectivity index (χ2n) is 8.46. The highest BCUT2D eigenvalue weighted by atomic mass is 16.3. The first-order valence-corrected chi connectivity index (χ1v) is 11.1. The SMILES string of the molecule is O=C(NC1CCN(CCc2coc3ccccc23)CC1)N1CCCc2ccccc21. The summed E-state index contributed by atoms with van der Waals surface area (Å²) < 4.78 is 5.66. The van der Waals surface area contributed by atoms with Crippen LogP contribution >= 0.6 is 0 Å². The zero-order chi connectivity index (χ0) is 20.3. The highest BCUT2D eigenvalue weighted by Gasteiger charge is 2.26. The minimum absolute atomic E-state index is 0.0606. The summed E-state index contributed by atoms with van der Waals surface area (Å²) in [6.45, 7) is 3.89. The number of urea groups is 1. The molecule has 0 unspecified atom stereocenters. The summed E-state index contributed by atoms with van der Waals surface area (Å²) in [7, 11) is 0. The monoisotopic (exact) mass is 403 g/mol. The topological polar surface area (TPSA) is 48.7 Å². The van der Waals surface area contributed by atoms with Crippen LogP contribution in [0.3, 0.4) is 0 Å². The first kappa shape index (κ1) is 19.2. The highest BCUT2D eigenvalue weighted by molar-refractivity contribution is 5.93. The summed E-state index contributed by atoms with van der Waals surface area (Å²) in [5.74, 6) is 0. The number of amides is 2. The maximum atomic E-state index is 12.9. The van der Waals surface area contributed by atoms with Gasteiger partial charge in [0, 0.05) is 43.3 Å². The number of piperidine rings is 1. The zero-order valence-corrected chi connectivity index (χ0v) is 17.3. The average Bonchev–Trinajstić information content (AvgIpc) is 3.21. The van der Waals surface area contributed by atoms with Crippen LogP contribution in [0.25, 0.3) is 11.0 Å². The molecule has 1 fully saturated rings. The summed E-state index contributed by atoms with van der Waals surface area (Å²) in [6.07, 6.45) is 7.00. The Hall–Kier alpha value is -2.79. The van der Waals surface area contributed by atoms with Gasteiger partial charge in [0.2, 0.25) is 0 Å². The minimum atomic E-state index is 0.0606. The number of hydrogen-bond donors (Lipinski definition) is 1. The van der Waals surface area contributed by atoms with Gasteiger partial charge >= 0.3 is 6.03 Å². The molecule has 3 heterocycles. The molecule has 1 aromatic heterocycles. The van der Waals surface area contributed by atoms with Gasteiger partial charge in [-0.1, -0.05) is 36.4 Å². The van der Waals surface area contributed by atoms with Gasteiger partial charge in [0.25, 0.3) is 0 Å². The summed E-state index contributed by atoms with van der Waals surface area (Å²) in [5, 5.41) is 4.51. The molecule has 0 bridgehead atoms. The van der Waals surface area contributed by atoms with Crippen molar-refractivity contribution in [1.29, 1.82) is 0 Å². The Morgan fingerprint density at radius 3 is 2.73 bits per heavy atom. The van der Waals surface area contributed by atoms with Crippen molar-refractivity contribution >= 4 is 22.7 Å². The molecule has 2 aliphatic rings. The van der Waals surface area contributed by atoms with E-state index in [1.807, 2.05) is 29.4 Å². The Kier molecular flexibility index (Phi) is 5.45. The van der Waals surface area contributed by atoms with Crippen molar-refractivity contribution in [3.05, 3.63) is 65.9 Å². The molecule has 5 rings (SSSR count). The summed E-state index contributed by atoms with van der Waals surface area (Å²) in [5.41, 5.74) is 4.60. The Balaban J connectivity index is 1.12. The molecule has 2 amide bonds.